The quantitative estimate of drug-likeness (QED) is 0.752. The fraction of sp³-hybridized carbons (Fsp3) is 0.409. The molecule has 0 atom stereocenters. The summed E-state index contributed by atoms with van der Waals surface area (Å²) in [5.41, 5.74) is 5.82. The topological polar surface area (TPSA) is 66.8 Å². The number of carboxylic acid groups (broad SMARTS) is 1. The standard InChI is InChI=1S/C22H26O4/c1-13(2)18-9-15(4-7-21(18)23)10-19-14(3)8-17(26-12-22(24)25)11-20(19)16-5-6-16/h4,7-9,11,13,16,23H,5-6,10,12H2,1-3H3,(H,24,25). The normalized spacial score (nSPS) is 13.8. The van der Waals surface area contributed by atoms with Crippen LogP contribution in [0.5, 0.6) is 11.5 Å². The van der Waals surface area contributed by atoms with Crippen molar-refractivity contribution in [2.45, 2.75) is 51.9 Å². The number of benzene rings is 2. The van der Waals surface area contributed by atoms with Crippen LogP contribution in [0.25, 0.3) is 0 Å². The van der Waals surface area contributed by atoms with Crippen LogP contribution < -0.4 is 4.74 Å². The average Bonchev–Trinajstić information content (AvgIpc) is 3.41. The maximum Gasteiger partial charge on any atom is 0.341 e. The zero-order chi connectivity index (χ0) is 18.8. The second-order valence-corrected chi connectivity index (χ2v) is 7.49. The van der Waals surface area contributed by atoms with Crippen molar-refractivity contribution in [1.82, 2.24) is 0 Å². The van der Waals surface area contributed by atoms with Crippen molar-refractivity contribution in [2.75, 3.05) is 6.61 Å². The summed E-state index contributed by atoms with van der Waals surface area (Å²) in [6.07, 6.45) is 3.14. The number of phenols is 1. The lowest BCUT2D eigenvalue weighted by molar-refractivity contribution is -0.139. The van der Waals surface area contributed by atoms with Gasteiger partial charge in [0.15, 0.2) is 6.61 Å². The summed E-state index contributed by atoms with van der Waals surface area (Å²) in [6.45, 7) is 5.89. The van der Waals surface area contributed by atoms with E-state index in [1.54, 1.807) is 6.07 Å². The van der Waals surface area contributed by atoms with Crippen LogP contribution in [0.15, 0.2) is 30.3 Å². The molecule has 2 N–H and O–H groups in total. The van der Waals surface area contributed by atoms with Crippen molar-refractivity contribution in [1.29, 1.82) is 0 Å². The number of hydrogen-bond acceptors (Lipinski definition) is 3. The highest BCUT2D eigenvalue weighted by Gasteiger charge is 2.27. The minimum atomic E-state index is -0.968. The Balaban J connectivity index is 1.92. The summed E-state index contributed by atoms with van der Waals surface area (Å²) >= 11 is 0. The number of aryl methyl sites for hydroxylation is 1. The predicted octanol–water partition coefficient (Wildman–Crippen LogP) is 4.76. The van der Waals surface area contributed by atoms with Crippen molar-refractivity contribution in [3.8, 4) is 11.5 Å². The van der Waals surface area contributed by atoms with Gasteiger partial charge in [-0.3, -0.25) is 0 Å². The molecule has 0 bridgehead atoms. The molecule has 0 aliphatic heterocycles. The molecule has 0 amide bonds. The highest BCUT2D eigenvalue weighted by molar-refractivity contribution is 5.68. The molecule has 4 nitrogen and oxygen atoms in total. The Bertz CT molecular complexity index is 819. The van der Waals surface area contributed by atoms with E-state index in [-0.39, 0.29) is 12.5 Å². The van der Waals surface area contributed by atoms with Crippen LogP contribution in [0, 0.1) is 6.92 Å². The highest BCUT2D eigenvalue weighted by atomic mass is 16.5. The third kappa shape index (κ3) is 4.18. The van der Waals surface area contributed by atoms with E-state index >= 15 is 0 Å². The van der Waals surface area contributed by atoms with Crippen LogP contribution >= 0.6 is 0 Å². The number of ether oxygens (including phenoxy) is 1. The number of aliphatic carboxylic acids is 1. The molecule has 0 spiro atoms. The molecule has 3 rings (SSSR count). The first kappa shape index (κ1) is 18.3. The van der Waals surface area contributed by atoms with Gasteiger partial charge in [0.25, 0.3) is 0 Å². The number of rotatable bonds is 7. The van der Waals surface area contributed by atoms with Crippen LogP contribution in [0.1, 0.15) is 66.3 Å². The molecule has 1 aliphatic rings. The SMILES string of the molecule is Cc1cc(OCC(=O)O)cc(C2CC2)c1Cc1ccc(O)c(C(C)C)c1. The van der Waals surface area contributed by atoms with Crippen molar-refractivity contribution < 1.29 is 19.7 Å². The number of aromatic hydroxyl groups is 1. The molecule has 4 heteroatoms. The molecule has 0 unspecified atom stereocenters. The molecule has 0 aromatic heterocycles. The number of carbonyl (C=O) groups is 1. The van der Waals surface area contributed by atoms with Crippen LogP contribution in [0.3, 0.4) is 0 Å². The Morgan fingerprint density at radius 3 is 2.58 bits per heavy atom. The molecular formula is C22H26O4. The predicted molar refractivity (Wildman–Crippen MR) is 101 cm³/mol. The van der Waals surface area contributed by atoms with E-state index in [2.05, 4.69) is 26.8 Å². The minimum absolute atomic E-state index is 0.269. The zero-order valence-corrected chi connectivity index (χ0v) is 15.6. The van der Waals surface area contributed by atoms with Crippen molar-refractivity contribution in [2.24, 2.45) is 0 Å². The van der Waals surface area contributed by atoms with Crippen molar-refractivity contribution in [3.05, 3.63) is 58.1 Å². The summed E-state index contributed by atoms with van der Waals surface area (Å²) < 4.78 is 5.41. The summed E-state index contributed by atoms with van der Waals surface area (Å²) in [4.78, 5) is 10.8. The third-order valence-corrected chi connectivity index (χ3v) is 4.96. The van der Waals surface area contributed by atoms with E-state index in [4.69, 9.17) is 9.84 Å². The van der Waals surface area contributed by atoms with Gasteiger partial charge in [-0.05, 0) is 84.0 Å². The van der Waals surface area contributed by atoms with Gasteiger partial charge in [-0.25, -0.2) is 4.79 Å². The van der Waals surface area contributed by atoms with Gasteiger partial charge in [0.1, 0.15) is 11.5 Å². The maximum atomic E-state index is 10.8. The van der Waals surface area contributed by atoms with E-state index in [0.29, 0.717) is 17.4 Å². The van der Waals surface area contributed by atoms with Crippen molar-refractivity contribution >= 4 is 5.97 Å². The van der Waals surface area contributed by atoms with E-state index < -0.39 is 5.97 Å². The summed E-state index contributed by atoms with van der Waals surface area (Å²) in [6, 6.07) is 9.78. The molecular weight excluding hydrogens is 328 g/mol. The first-order chi connectivity index (χ1) is 12.3. The van der Waals surface area contributed by atoms with E-state index in [9.17, 15) is 9.90 Å². The molecule has 0 saturated heterocycles. The number of hydrogen-bond donors (Lipinski definition) is 2. The van der Waals surface area contributed by atoms with E-state index in [1.807, 2.05) is 18.2 Å². The second kappa shape index (κ2) is 7.40. The van der Waals surface area contributed by atoms with Gasteiger partial charge in [0.05, 0.1) is 0 Å². The summed E-state index contributed by atoms with van der Waals surface area (Å²) in [5, 5.41) is 18.9. The fourth-order valence-electron chi connectivity index (χ4n) is 3.42. The first-order valence-corrected chi connectivity index (χ1v) is 9.15. The Labute approximate surface area is 154 Å². The van der Waals surface area contributed by atoms with Gasteiger partial charge in [0, 0.05) is 0 Å². The molecule has 1 saturated carbocycles. The summed E-state index contributed by atoms with van der Waals surface area (Å²) in [7, 11) is 0. The van der Waals surface area contributed by atoms with Gasteiger partial charge in [0.2, 0.25) is 0 Å². The van der Waals surface area contributed by atoms with Crippen LogP contribution in [0.4, 0.5) is 0 Å². The van der Waals surface area contributed by atoms with Crippen LogP contribution in [-0.4, -0.2) is 22.8 Å². The Hall–Kier alpha value is -2.49. The van der Waals surface area contributed by atoms with Gasteiger partial charge < -0.3 is 14.9 Å². The lowest BCUT2D eigenvalue weighted by Gasteiger charge is -2.17. The Kier molecular flexibility index (Phi) is 5.21. The van der Waals surface area contributed by atoms with Gasteiger partial charge >= 0.3 is 5.97 Å². The molecule has 2 aromatic rings. The molecule has 0 heterocycles. The number of carboxylic acids is 1. The summed E-state index contributed by atoms with van der Waals surface area (Å²) in [5.74, 6) is 0.818. The third-order valence-electron chi connectivity index (χ3n) is 4.96. The fourth-order valence-corrected chi connectivity index (χ4v) is 3.42. The van der Waals surface area contributed by atoms with Gasteiger partial charge in [-0.2, -0.15) is 0 Å². The Morgan fingerprint density at radius 2 is 1.96 bits per heavy atom. The number of phenolic OH excluding ortho intramolecular Hbond substituents is 1. The average molecular weight is 354 g/mol. The molecule has 2 aromatic carbocycles. The largest absolute Gasteiger partial charge is 0.508 e. The molecule has 26 heavy (non-hydrogen) atoms. The van der Waals surface area contributed by atoms with Crippen molar-refractivity contribution in [3.63, 3.8) is 0 Å². The smallest absolute Gasteiger partial charge is 0.341 e. The van der Waals surface area contributed by atoms with Gasteiger partial charge in [-0.1, -0.05) is 26.0 Å². The van der Waals surface area contributed by atoms with E-state index in [0.717, 1.165) is 17.5 Å². The van der Waals surface area contributed by atoms with Crippen LogP contribution in [-0.2, 0) is 11.2 Å². The molecule has 0 radical (unpaired) electrons. The van der Waals surface area contributed by atoms with Crippen LogP contribution in [0.2, 0.25) is 0 Å². The lowest BCUT2D eigenvalue weighted by atomic mass is 9.91. The maximum absolute atomic E-state index is 10.8. The molecule has 138 valence electrons. The highest BCUT2D eigenvalue weighted by Crippen LogP contribution is 2.44. The molecule has 1 fully saturated rings. The Morgan fingerprint density at radius 1 is 1.23 bits per heavy atom. The minimum Gasteiger partial charge on any atom is -0.508 e. The lowest BCUT2D eigenvalue weighted by Crippen LogP contribution is -2.10. The second-order valence-electron chi connectivity index (χ2n) is 7.49. The van der Waals surface area contributed by atoms with Gasteiger partial charge in [-0.15, -0.1) is 0 Å². The van der Waals surface area contributed by atoms with E-state index in [1.165, 1.54) is 29.5 Å². The monoisotopic (exact) mass is 354 g/mol. The zero-order valence-electron chi connectivity index (χ0n) is 15.6. The first-order valence-electron chi connectivity index (χ1n) is 9.15. The molecule has 1 aliphatic carbocycles.